The van der Waals surface area contributed by atoms with Crippen LogP contribution in [0.4, 0.5) is 0 Å². The van der Waals surface area contributed by atoms with E-state index in [9.17, 15) is 15.0 Å². The third kappa shape index (κ3) is 3.80. The summed E-state index contributed by atoms with van der Waals surface area (Å²) in [4.78, 5) is 12.0. The maximum atomic E-state index is 12.0. The molecule has 22 heavy (non-hydrogen) atoms. The highest BCUT2D eigenvalue weighted by molar-refractivity contribution is 6.32. The standard InChI is InChI=1S/C17H15ClO4/c1-2-22-16-9-11(8-14(18)17(16)21)6-7-15(20)12-4-3-5-13(19)10-12/h3-10,19,21H,2H2,1H3/b7-6+. The van der Waals surface area contributed by atoms with Crippen LogP contribution in [-0.2, 0) is 0 Å². The monoisotopic (exact) mass is 318 g/mol. The predicted molar refractivity (Wildman–Crippen MR) is 85.8 cm³/mol. The molecule has 2 aromatic rings. The van der Waals surface area contributed by atoms with Crippen molar-refractivity contribution in [2.75, 3.05) is 6.61 Å². The van der Waals surface area contributed by atoms with Gasteiger partial charge in [0.25, 0.3) is 0 Å². The Bertz CT molecular complexity index is 723. The highest BCUT2D eigenvalue weighted by Crippen LogP contribution is 2.35. The summed E-state index contributed by atoms with van der Waals surface area (Å²) in [5, 5.41) is 19.3. The van der Waals surface area contributed by atoms with Gasteiger partial charge in [-0.1, -0.05) is 29.8 Å². The van der Waals surface area contributed by atoms with Crippen molar-refractivity contribution in [3.05, 3.63) is 58.6 Å². The summed E-state index contributed by atoms with van der Waals surface area (Å²) < 4.78 is 5.28. The number of hydrogen-bond donors (Lipinski definition) is 2. The average molecular weight is 319 g/mol. The molecule has 114 valence electrons. The van der Waals surface area contributed by atoms with Crippen molar-refractivity contribution in [3.63, 3.8) is 0 Å². The molecule has 0 saturated carbocycles. The SMILES string of the molecule is CCOc1cc(/C=C/C(=O)c2cccc(O)c2)cc(Cl)c1O. The molecule has 0 bridgehead atoms. The van der Waals surface area contributed by atoms with Crippen molar-refractivity contribution < 1.29 is 19.7 Å². The molecule has 0 saturated heterocycles. The predicted octanol–water partition coefficient (Wildman–Crippen LogP) is 4.05. The van der Waals surface area contributed by atoms with Gasteiger partial charge in [-0.05, 0) is 42.8 Å². The van der Waals surface area contributed by atoms with Crippen LogP contribution in [0.15, 0.2) is 42.5 Å². The second-order valence-corrected chi connectivity index (χ2v) is 4.94. The number of phenols is 2. The molecule has 2 aromatic carbocycles. The number of ether oxygens (including phenoxy) is 1. The van der Waals surface area contributed by atoms with Crippen molar-refractivity contribution in [1.82, 2.24) is 0 Å². The number of halogens is 1. The number of benzene rings is 2. The molecule has 0 aliphatic carbocycles. The zero-order valence-electron chi connectivity index (χ0n) is 11.9. The van der Waals surface area contributed by atoms with Crippen LogP contribution in [0.5, 0.6) is 17.2 Å². The molecule has 0 spiro atoms. The van der Waals surface area contributed by atoms with Crippen molar-refractivity contribution >= 4 is 23.5 Å². The second kappa shape index (κ2) is 7.00. The summed E-state index contributed by atoms with van der Waals surface area (Å²) in [5.41, 5.74) is 1.01. The molecule has 0 unspecified atom stereocenters. The maximum Gasteiger partial charge on any atom is 0.185 e. The minimum absolute atomic E-state index is 0.0329. The van der Waals surface area contributed by atoms with Crippen LogP contribution < -0.4 is 4.74 Å². The molecule has 5 heteroatoms. The summed E-state index contributed by atoms with van der Waals surface area (Å²) >= 11 is 5.93. The Morgan fingerprint density at radius 3 is 2.73 bits per heavy atom. The maximum absolute atomic E-state index is 12.0. The van der Waals surface area contributed by atoms with E-state index in [1.807, 2.05) is 0 Å². The van der Waals surface area contributed by atoms with Gasteiger partial charge in [0.15, 0.2) is 17.3 Å². The quantitative estimate of drug-likeness (QED) is 0.645. The van der Waals surface area contributed by atoms with Crippen LogP contribution >= 0.6 is 11.6 Å². The van der Waals surface area contributed by atoms with E-state index >= 15 is 0 Å². The van der Waals surface area contributed by atoms with Gasteiger partial charge >= 0.3 is 0 Å². The zero-order chi connectivity index (χ0) is 16.1. The van der Waals surface area contributed by atoms with E-state index in [-0.39, 0.29) is 28.1 Å². The smallest absolute Gasteiger partial charge is 0.185 e. The van der Waals surface area contributed by atoms with Gasteiger partial charge in [-0.25, -0.2) is 0 Å². The van der Waals surface area contributed by atoms with Gasteiger partial charge < -0.3 is 14.9 Å². The third-order valence-corrected chi connectivity index (χ3v) is 3.20. The minimum atomic E-state index is -0.252. The number of carbonyl (C=O) groups is 1. The van der Waals surface area contributed by atoms with Gasteiger partial charge in [0.05, 0.1) is 11.6 Å². The van der Waals surface area contributed by atoms with Crippen molar-refractivity contribution in [2.45, 2.75) is 6.92 Å². The molecule has 0 aliphatic rings. The number of aromatic hydroxyl groups is 2. The van der Waals surface area contributed by atoms with E-state index in [4.69, 9.17) is 16.3 Å². The van der Waals surface area contributed by atoms with Gasteiger partial charge in [0, 0.05) is 5.56 Å². The fourth-order valence-corrected chi connectivity index (χ4v) is 2.10. The Kier molecular flexibility index (Phi) is 5.07. The first-order valence-electron chi connectivity index (χ1n) is 6.68. The molecule has 0 fully saturated rings. The minimum Gasteiger partial charge on any atom is -0.508 e. The largest absolute Gasteiger partial charge is 0.508 e. The van der Waals surface area contributed by atoms with Gasteiger partial charge in [-0.15, -0.1) is 0 Å². The first kappa shape index (κ1) is 15.9. The normalized spacial score (nSPS) is 10.8. The van der Waals surface area contributed by atoms with E-state index in [2.05, 4.69) is 0 Å². The van der Waals surface area contributed by atoms with E-state index in [0.29, 0.717) is 17.7 Å². The summed E-state index contributed by atoms with van der Waals surface area (Å²) in [5.74, 6) is -0.0805. The first-order valence-corrected chi connectivity index (χ1v) is 7.05. The lowest BCUT2D eigenvalue weighted by molar-refractivity contribution is 0.104. The van der Waals surface area contributed by atoms with Gasteiger partial charge in [-0.3, -0.25) is 4.79 Å². The van der Waals surface area contributed by atoms with Crippen LogP contribution in [0.2, 0.25) is 5.02 Å². The van der Waals surface area contributed by atoms with E-state index in [0.717, 1.165) is 0 Å². The molecule has 2 rings (SSSR count). The van der Waals surface area contributed by atoms with Crippen LogP contribution in [0.25, 0.3) is 6.08 Å². The molecule has 0 heterocycles. The highest BCUT2D eigenvalue weighted by Gasteiger charge is 2.09. The Morgan fingerprint density at radius 2 is 2.05 bits per heavy atom. The molecule has 0 atom stereocenters. The molecular weight excluding hydrogens is 304 g/mol. The van der Waals surface area contributed by atoms with Crippen LogP contribution in [-0.4, -0.2) is 22.6 Å². The fourth-order valence-electron chi connectivity index (χ4n) is 1.88. The lowest BCUT2D eigenvalue weighted by Crippen LogP contribution is -1.94. The van der Waals surface area contributed by atoms with Crippen molar-refractivity contribution in [2.24, 2.45) is 0 Å². The van der Waals surface area contributed by atoms with Crippen LogP contribution in [0.3, 0.4) is 0 Å². The molecule has 2 N–H and O–H groups in total. The lowest BCUT2D eigenvalue weighted by Gasteiger charge is -2.08. The highest BCUT2D eigenvalue weighted by atomic mass is 35.5. The number of allylic oxidation sites excluding steroid dienone is 1. The second-order valence-electron chi connectivity index (χ2n) is 4.53. The number of carbonyl (C=O) groups excluding carboxylic acids is 1. The van der Waals surface area contributed by atoms with E-state index in [1.54, 1.807) is 31.2 Å². The number of phenolic OH excluding ortho intramolecular Hbond substituents is 2. The summed E-state index contributed by atoms with van der Waals surface area (Å²) in [7, 11) is 0. The Balaban J connectivity index is 2.24. The molecule has 4 nitrogen and oxygen atoms in total. The Hall–Kier alpha value is -2.46. The summed E-state index contributed by atoms with van der Waals surface area (Å²) in [6.45, 7) is 2.18. The fraction of sp³-hybridized carbons (Fsp3) is 0.118. The number of hydrogen-bond acceptors (Lipinski definition) is 4. The molecule has 0 aromatic heterocycles. The van der Waals surface area contributed by atoms with E-state index in [1.165, 1.54) is 24.3 Å². The van der Waals surface area contributed by atoms with Gasteiger partial charge in [0.1, 0.15) is 5.75 Å². The summed E-state index contributed by atoms with van der Waals surface area (Å²) in [6.07, 6.45) is 2.94. The number of rotatable bonds is 5. The molecule has 0 amide bonds. The molecular formula is C17H15ClO4. The first-order chi connectivity index (χ1) is 10.5. The van der Waals surface area contributed by atoms with Crippen LogP contribution in [0.1, 0.15) is 22.8 Å². The van der Waals surface area contributed by atoms with Crippen molar-refractivity contribution in [1.29, 1.82) is 0 Å². The van der Waals surface area contributed by atoms with Crippen LogP contribution in [0, 0.1) is 0 Å². The van der Waals surface area contributed by atoms with Gasteiger partial charge in [-0.2, -0.15) is 0 Å². The zero-order valence-corrected chi connectivity index (χ0v) is 12.7. The third-order valence-electron chi connectivity index (χ3n) is 2.91. The average Bonchev–Trinajstić information content (AvgIpc) is 2.49. The molecule has 0 radical (unpaired) electrons. The number of ketones is 1. The lowest BCUT2D eigenvalue weighted by atomic mass is 10.1. The Morgan fingerprint density at radius 1 is 1.27 bits per heavy atom. The topological polar surface area (TPSA) is 66.8 Å². The Labute approximate surface area is 133 Å². The summed E-state index contributed by atoms with van der Waals surface area (Å²) in [6, 6.07) is 9.22. The van der Waals surface area contributed by atoms with E-state index < -0.39 is 0 Å². The van der Waals surface area contributed by atoms with Crippen molar-refractivity contribution in [3.8, 4) is 17.2 Å². The van der Waals surface area contributed by atoms with Gasteiger partial charge in [0.2, 0.25) is 0 Å². The molecule has 0 aliphatic heterocycles.